The molecule has 0 aromatic heterocycles. The number of quaternary nitrogens is 1. The van der Waals surface area contributed by atoms with Crippen LogP contribution in [-0.2, 0) is 4.79 Å². The summed E-state index contributed by atoms with van der Waals surface area (Å²) in [6.45, 7) is 0. The van der Waals surface area contributed by atoms with Crippen LogP contribution in [0, 0.1) is 5.21 Å². The molecule has 3 heteroatoms. The van der Waals surface area contributed by atoms with Crippen molar-refractivity contribution in [1.29, 1.82) is 0 Å². The van der Waals surface area contributed by atoms with Gasteiger partial charge in [0.15, 0.2) is 0 Å². The van der Waals surface area contributed by atoms with Crippen molar-refractivity contribution in [2.45, 2.75) is 0 Å². The highest BCUT2D eigenvalue weighted by Crippen LogP contribution is 2.06. The Morgan fingerprint density at radius 2 is 2.22 bits per heavy atom. The highest BCUT2D eigenvalue weighted by atomic mass is 16.6. The fourth-order valence-electron chi connectivity index (χ4n) is 0.573. The van der Waals surface area contributed by atoms with Crippen LogP contribution in [-0.4, -0.2) is 17.6 Å². The molecule has 48 valence electrons. The van der Waals surface area contributed by atoms with Gasteiger partial charge < -0.3 is 5.21 Å². The molecule has 0 bridgehead atoms. The summed E-state index contributed by atoms with van der Waals surface area (Å²) in [5.41, 5.74) is 0. The van der Waals surface area contributed by atoms with Crippen LogP contribution in [0.2, 0.25) is 0 Å². The lowest BCUT2D eigenvalue weighted by Gasteiger charge is -2.30. The summed E-state index contributed by atoms with van der Waals surface area (Å²) in [5, 5.41) is 10.9. The van der Waals surface area contributed by atoms with Gasteiger partial charge in [0.25, 0.3) is 0 Å². The average Bonchev–Trinajstić information content (AvgIpc) is 1.77. The number of hydroxylamine groups is 3. The molecule has 1 atom stereocenters. The van der Waals surface area contributed by atoms with Crippen molar-refractivity contribution in [1.82, 2.24) is 0 Å². The molecule has 0 saturated carbocycles. The lowest BCUT2D eigenvalue weighted by Crippen LogP contribution is -2.37. The second-order valence-corrected chi connectivity index (χ2v) is 2.03. The molecule has 3 nitrogen and oxygen atoms in total. The van der Waals surface area contributed by atoms with Gasteiger partial charge in [-0.3, -0.25) is 4.65 Å². The van der Waals surface area contributed by atoms with Gasteiger partial charge in [0.2, 0.25) is 0 Å². The zero-order chi connectivity index (χ0) is 6.91. The number of amides is 1. The summed E-state index contributed by atoms with van der Waals surface area (Å²) in [7, 11) is 1.29. The molecule has 1 heterocycles. The third kappa shape index (κ3) is 1.06. The Bertz CT molecular complexity index is 191. The third-order valence-electron chi connectivity index (χ3n) is 1.16. The number of rotatable bonds is 0. The Kier molecular flexibility index (Phi) is 1.23. The first kappa shape index (κ1) is 6.19. The minimum absolute atomic E-state index is 0.433. The SMILES string of the molecule is C[N+]1([O-])C=CC=CC1=O. The Morgan fingerprint density at radius 1 is 1.56 bits per heavy atom. The topological polar surface area (TPSA) is 40.1 Å². The lowest BCUT2D eigenvalue weighted by atomic mass is 10.3. The molecule has 1 rings (SSSR count). The molecule has 0 N–H and O–H groups in total. The molecule has 0 saturated heterocycles. The van der Waals surface area contributed by atoms with Crippen molar-refractivity contribution >= 4 is 5.91 Å². The van der Waals surface area contributed by atoms with E-state index in [2.05, 4.69) is 0 Å². The highest BCUT2D eigenvalue weighted by molar-refractivity contribution is 5.83. The van der Waals surface area contributed by atoms with Gasteiger partial charge in [0.05, 0.1) is 7.05 Å². The Balaban J connectivity index is 2.91. The molecule has 0 radical (unpaired) electrons. The minimum Gasteiger partial charge on any atom is -0.620 e. The molecule has 0 aromatic carbocycles. The minimum atomic E-state index is -0.920. The first-order valence-corrected chi connectivity index (χ1v) is 2.60. The van der Waals surface area contributed by atoms with Crippen LogP contribution >= 0.6 is 0 Å². The Labute approximate surface area is 53.1 Å². The summed E-state index contributed by atoms with van der Waals surface area (Å²) in [6.07, 6.45) is 5.68. The fraction of sp³-hybridized carbons (Fsp3) is 0.167. The number of nitrogens with zero attached hydrogens (tertiary/aromatic N) is 1. The van der Waals surface area contributed by atoms with Gasteiger partial charge in [-0.15, -0.1) is 0 Å². The number of hydrogen-bond acceptors (Lipinski definition) is 2. The van der Waals surface area contributed by atoms with E-state index in [9.17, 15) is 10.0 Å². The lowest BCUT2D eigenvalue weighted by molar-refractivity contribution is -0.723. The first-order valence-electron chi connectivity index (χ1n) is 2.60. The van der Waals surface area contributed by atoms with Crippen molar-refractivity contribution in [2.24, 2.45) is 0 Å². The van der Waals surface area contributed by atoms with E-state index in [4.69, 9.17) is 0 Å². The van der Waals surface area contributed by atoms with Gasteiger partial charge in [0, 0.05) is 6.08 Å². The second-order valence-electron chi connectivity index (χ2n) is 2.03. The van der Waals surface area contributed by atoms with E-state index in [1.165, 1.54) is 19.3 Å². The van der Waals surface area contributed by atoms with E-state index in [-0.39, 0.29) is 0 Å². The van der Waals surface area contributed by atoms with Gasteiger partial charge in [-0.05, 0) is 12.2 Å². The molecule has 1 unspecified atom stereocenters. The van der Waals surface area contributed by atoms with Crippen LogP contribution in [0.5, 0.6) is 0 Å². The first-order chi connectivity index (χ1) is 4.13. The van der Waals surface area contributed by atoms with Crippen molar-refractivity contribution in [3.63, 3.8) is 0 Å². The van der Waals surface area contributed by atoms with Crippen LogP contribution in [0.1, 0.15) is 0 Å². The predicted molar refractivity (Wildman–Crippen MR) is 32.8 cm³/mol. The highest BCUT2D eigenvalue weighted by Gasteiger charge is 2.17. The van der Waals surface area contributed by atoms with Gasteiger partial charge in [-0.25, -0.2) is 4.79 Å². The molecule has 9 heavy (non-hydrogen) atoms. The largest absolute Gasteiger partial charge is 0.620 e. The summed E-state index contributed by atoms with van der Waals surface area (Å²) < 4.78 is -0.920. The van der Waals surface area contributed by atoms with E-state index < -0.39 is 10.6 Å². The molecule has 0 spiro atoms. The zero-order valence-electron chi connectivity index (χ0n) is 5.07. The van der Waals surface area contributed by atoms with Crippen molar-refractivity contribution < 1.29 is 9.44 Å². The van der Waals surface area contributed by atoms with Crippen LogP contribution in [0.15, 0.2) is 24.4 Å². The Hall–Kier alpha value is -0.930. The summed E-state index contributed by atoms with van der Waals surface area (Å²) in [4.78, 5) is 10.6. The number of allylic oxidation sites excluding steroid dienone is 2. The monoisotopic (exact) mass is 125 g/mol. The predicted octanol–water partition coefficient (Wildman–Crippen LogP) is 0.541. The molecule has 0 aliphatic carbocycles. The van der Waals surface area contributed by atoms with E-state index in [0.29, 0.717) is 0 Å². The van der Waals surface area contributed by atoms with Crippen LogP contribution < -0.4 is 0 Å². The van der Waals surface area contributed by atoms with Crippen LogP contribution in [0.3, 0.4) is 0 Å². The molecule has 0 aromatic rings. The molecular weight excluding hydrogens is 118 g/mol. The normalized spacial score (nSPS) is 33.3. The maximum atomic E-state index is 10.9. The number of hydrogen-bond donors (Lipinski definition) is 0. The van der Waals surface area contributed by atoms with Crippen LogP contribution in [0.25, 0.3) is 0 Å². The molecule has 1 amide bonds. The smallest absolute Gasteiger partial charge is 0.342 e. The van der Waals surface area contributed by atoms with Gasteiger partial charge in [0.1, 0.15) is 6.20 Å². The molecule has 1 aliphatic heterocycles. The van der Waals surface area contributed by atoms with E-state index >= 15 is 0 Å². The van der Waals surface area contributed by atoms with Crippen molar-refractivity contribution in [3.05, 3.63) is 29.6 Å². The standard InChI is InChI=1S/C6H7NO2/c1-7(9)5-3-2-4-6(7)8/h2-5H,1H3. The third-order valence-corrected chi connectivity index (χ3v) is 1.16. The molecule has 0 fully saturated rings. The van der Waals surface area contributed by atoms with Crippen LogP contribution in [0.4, 0.5) is 0 Å². The molecule has 1 aliphatic rings. The number of likely N-dealkylation sites (N-methyl/N-ethyl adjacent to an activating group) is 1. The van der Waals surface area contributed by atoms with Gasteiger partial charge in [-0.2, -0.15) is 0 Å². The van der Waals surface area contributed by atoms with Crippen molar-refractivity contribution in [3.8, 4) is 0 Å². The summed E-state index contributed by atoms with van der Waals surface area (Å²) in [6, 6.07) is 0. The van der Waals surface area contributed by atoms with Crippen molar-refractivity contribution in [2.75, 3.05) is 7.05 Å². The molecular formula is C6H7NO2. The quantitative estimate of drug-likeness (QED) is 0.350. The Morgan fingerprint density at radius 3 is 2.56 bits per heavy atom. The van der Waals surface area contributed by atoms with E-state index in [1.54, 1.807) is 12.2 Å². The number of carbonyl (C=O) groups excluding carboxylic acids is 1. The zero-order valence-corrected chi connectivity index (χ0v) is 5.07. The van der Waals surface area contributed by atoms with E-state index in [0.717, 1.165) is 0 Å². The number of carbonyl (C=O) groups is 1. The average molecular weight is 125 g/mol. The maximum Gasteiger partial charge on any atom is 0.342 e. The summed E-state index contributed by atoms with van der Waals surface area (Å²) in [5.74, 6) is -0.433. The second kappa shape index (κ2) is 1.79. The van der Waals surface area contributed by atoms with Gasteiger partial charge >= 0.3 is 5.91 Å². The van der Waals surface area contributed by atoms with Gasteiger partial charge in [-0.1, -0.05) is 0 Å². The maximum absolute atomic E-state index is 10.9. The summed E-state index contributed by atoms with van der Waals surface area (Å²) >= 11 is 0. The van der Waals surface area contributed by atoms with E-state index in [1.807, 2.05) is 0 Å². The fourth-order valence-corrected chi connectivity index (χ4v) is 0.573.